The highest BCUT2D eigenvalue weighted by Gasteiger charge is 2.54. The van der Waals surface area contributed by atoms with Crippen molar-refractivity contribution in [2.24, 2.45) is 17.8 Å². The molecule has 0 radical (unpaired) electrons. The summed E-state index contributed by atoms with van der Waals surface area (Å²) >= 11 is 12.6. The molecule has 134 valence electrons. The van der Waals surface area contributed by atoms with Crippen molar-refractivity contribution in [1.29, 1.82) is 0 Å². The average Bonchev–Trinajstić information content (AvgIpc) is 3.23. The minimum absolute atomic E-state index is 0.119. The first-order valence-corrected chi connectivity index (χ1v) is 9.78. The van der Waals surface area contributed by atoms with Crippen LogP contribution in [-0.4, -0.2) is 4.92 Å². The van der Waals surface area contributed by atoms with E-state index in [9.17, 15) is 10.1 Å². The number of nitro benzene ring substituents is 1. The number of nitrogens with zero attached hydrogens (tertiary/aromatic N) is 1. The van der Waals surface area contributed by atoms with Crippen LogP contribution in [0.15, 0.2) is 36.4 Å². The van der Waals surface area contributed by atoms with Crippen molar-refractivity contribution in [3.8, 4) is 0 Å². The first-order valence-electron chi connectivity index (χ1n) is 9.03. The first kappa shape index (κ1) is 16.4. The molecule has 1 N–H and O–H groups in total. The smallest absolute Gasteiger partial charge is 0.269 e. The van der Waals surface area contributed by atoms with Crippen molar-refractivity contribution in [2.45, 2.75) is 31.2 Å². The van der Waals surface area contributed by atoms with E-state index in [-0.39, 0.29) is 16.7 Å². The molecule has 6 heteroatoms. The van der Waals surface area contributed by atoms with Crippen LogP contribution < -0.4 is 5.32 Å². The molecule has 2 aromatic rings. The molecule has 4 nitrogen and oxygen atoms in total. The quantitative estimate of drug-likeness (QED) is 0.492. The van der Waals surface area contributed by atoms with Gasteiger partial charge in [0.2, 0.25) is 0 Å². The maximum absolute atomic E-state index is 11.3. The van der Waals surface area contributed by atoms with Gasteiger partial charge in [0.05, 0.1) is 11.0 Å². The van der Waals surface area contributed by atoms with Crippen LogP contribution in [0.2, 0.25) is 10.0 Å². The summed E-state index contributed by atoms with van der Waals surface area (Å²) in [5.74, 6) is 2.03. The normalized spacial score (nSPS) is 31.2. The summed E-state index contributed by atoms with van der Waals surface area (Å²) in [4.78, 5) is 11.0. The summed E-state index contributed by atoms with van der Waals surface area (Å²) in [6.45, 7) is 0. The van der Waals surface area contributed by atoms with E-state index in [4.69, 9.17) is 23.2 Å². The average molecular weight is 389 g/mol. The third-order valence-electron chi connectivity index (χ3n) is 6.58. The Morgan fingerprint density at radius 1 is 1.04 bits per heavy atom. The lowest BCUT2D eigenvalue weighted by molar-refractivity contribution is -0.384. The van der Waals surface area contributed by atoms with Gasteiger partial charge in [0.15, 0.2) is 0 Å². The molecule has 3 aliphatic rings. The number of hydrogen-bond donors (Lipinski definition) is 1. The lowest BCUT2D eigenvalue weighted by atomic mass is 9.68. The summed E-state index contributed by atoms with van der Waals surface area (Å²) in [7, 11) is 0. The van der Waals surface area contributed by atoms with E-state index in [1.165, 1.54) is 19.3 Å². The van der Waals surface area contributed by atoms with Gasteiger partial charge in [-0.25, -0.2) is 0 Å². The third-order valence-corrected chi connectivity index (χ3v) is 7.14. The molecule has 0 amide bonds. The van der Waals surface area contributed by atoms with Crippen LogP contribution in [0.3, 0.4) is 0 Å². The second kappa shape index (κ2) is 5.86. The lowest BCUT2D eigenvalue weighted by Crippen LogP contribution is -2.35. The zero-order valence-corrected chi connectivity index (χ0v) is 15.5. The number of fused-ring (bicyclic) bond motifs is 7. The van der Waals surface area contributed by atoms with E-state index in [0.29, 0.717) is 33.7 Å². The van der Waals surface area contributed by atoms with Gasteiger partial charge in [0, 0.05) is 27.9 Å². The van der Waals surface area contributed by atoms with Gasteiger partial charge in [-0.3, -0.25) is 10.1 Å². The minimum atomic E-state index is -0.301. The van der Waals surface area contributed by atoms with E-state index >= 15 is 0 Å². The van der Waals surface area contributed by atoms with E-state index in [1.807, 2.05) is 18.2 Å². The predicted octanol–water partition coefficient (Wildman–Crippen LogP) is 6.20. The standard InChI is InChI=1S/C20H18Cl2N2O2/c21-12-3-5-14(16(22)8-12)20-19-11-2-1-10(7-11)18(19)15-9-13(24(25)26)4-6-17(15)23-20/h3-6,8-11,18-20,23H,1-2,7H2/t10-,11-,18-,19+,20+/m0/s1. The number of non-ortho nitro benzene ring substituents is 1. The number of nitro groups is 1. The van der Waals surface area contributed by atoms with Crippen LogP contribution >= 0.6 is 23.2 Å². The molecule has 2 aliphatic carbocycles. The van der Waals surface area contributed by atoms with Gasteiger partial charge in [0.25, 0.3) is 5.69 Å². The number of benzene rings is 2. The number of halogens is 2. The zero-order valence-electron chi connectivity index (χ0n) is 14.0. The molecule has 2 aromatic carbocycles. The third kappa shape index (κ3) is 2.35. The fourth-order valence-electron chi connectivity index (χ4n) is 5.65. The summed E-state index contributed by atoms with van der Waals surface area (Å²) in [5, 5.41) is 16.2. The summed E-state index contributed by atoms with van der Waals surface area (Å²) in [6.07, 6.45) is 3.66. The van der Waals surface area contributed by atoms with Gasteiger partial charge >= 0.3 is 0 Å². The molecule has 0 unspecified atom stereocenters. The summed E-state index contributed by atoms with van der Waals surface area (Å²) in [5.41, 5.74) is 3.36. The zero-order chi connectivity index (χ0) is 18.0. The van der Waals surface area contributed by atoms with Crippen LogP contribution in [0.4, 0.5) is 11.4 Å². The highest BCUT2D eigenvalue weighted by atomic mass is 35.5. The molecule has 0 saturated heterocycles. The Kier molecular flexibility index (Phi) is 3.70. The number of anilines is 1. The van der Waals surface area contributed by atoms with Crippen LogP contribution in [-0.2, 0) is 0 Å². The molecule has 0 aromatic heterocycles. The maximum Gasteiger partial charge on any atom is 0.269 e. The molecular formula is C20H18Cl2N2O2. The van der Waals surface area contributed by atoms with Crippen molar-refractivity contribution in [3.05, 3.63) is 67.7 Å². The molecule has 0 spiro atoms. The highest BCUT2D eigenvalue weighted by Crippen LogP contribution is 2.64. The van der Waals surface area contributed by atoms with Crippen molar-refractivity contribution in [3.63, 3.8) is 0 Å². The van der Waals surface area contributed by atoms with E-state index < -0.39 is 0 Å². The van der Waals surface area contributed by atoms with Crippen molar-refractivity contribution in [1.82, 2.24) is 0 Å². The second-order valence-corrected chi connectivity index (χ2v) is 8.60. The monoisotopic (exact) mass is 388 g/mol. The van der Waals surface area contributed by atoms with Gasteiger partial charge in [-0.15, -0.1) is 0 Å². The Morgan fingerprint density at radius 2 is 1.85 bits per heavy atom. The highest BCUT2D eigenvalue weighted by molar-refractivity contribution is 6.35. The van der Waals surface area contributed by atoms with Gasteiger partial charge in [-0.1, -0.05) is 29.3 Å². The topological polar surface area (TPSA) is 55.2 Å². The number of hydrogen-bond acceptors (Lipinski definition) is 3. The largest absolute Gasteiger partial charge is 0.378 e. The molecule has 26 heavy (non-hydrogen) atoms. The van der Waals surface area contributed by atoms with E-state index in [1.54, 1.807) is 18.2 Å². The maximum atomic E-state index is 11.3. The van der Waals surface area contributed by atoms with Crippen molar-refractivity contribution < 1.29 is 4.92 Å². The Bertz CT molecular complexity index is 917. The molecule has 1 aliphatic heterocycles. The Morgan fingerprint density at radius 3 is 2.62 bits per heavy atom. The van der Waals surface area contributed by atoms with E-state index in [2.05, 4.69) is 5.32 Å². The van der Waals surface area contributed by atoms with Gasteiger partial charge in [0.1, 0.15) is 0 Å². The summed E-state index contributed by atoms with van der Waals surface area (Å²) < 4.78 is 0. The van der Waals surface area contributed by atoms with Crippen LogP contribution in [0.5, 0.6) is 0 Å². The molecule has 2 bridgehead atoms. The fourth-order valence-corrected chi connectivity index (χ4v) is 6.18. The number of nitrogens with one attached hydrogen (secondary N) is 1. The predicted molar refractivity (Wildman–Crippen MR) is 103 cm³/mol. The number of rotatable bonds is 2. The van der Waals surface area contributed by atoms with E-state index in [0.717, 1.165) is 16.8 Å². The minimum Gasteiger partial charge on any atom is -0.378 e. The summed E-state index contributed by atoms with van der Waals surface area (Å²) in [6, 6.07) is 11.0. The SMILES string of the molecule is O=[N+]([O-])c1ccc2c(c1)[C@@H]1[C@H]3CC[C@@H](C3)[C@H]1[C@@H](c1ccc(Cl)cc1Cl)N2. The van der Waals surface area contributed by atoms with Crippen LogP contribution in [0.25, 0.3) is 0 Å². The molecule has 2 saturated carbocycles. The first-order chi connectivity index (χ1) is 12.5. The molecule has 2 fully saturated rings. The molecule has 1 heterocycles. The van der Waals surface area contributed by atoms with Crippen LogP contribution in [0.1, 0.15) is 42.3 Å². The van der Waals surface area contributed by atoms with Gasteiger partial charge < -0.3 is 5.32 Å². The van der Waals surface area contributed by atoms with Crippen LogP contribution in [0, 0.1) is 27.9 Å². The van der Waals surface area contributed by atoms with Crippen molar-refractivity contribution in [2.75, 3.05) is 5.32 Å². The van der Waals surface area contributed by atoms with Gasteiger partial charge in [-0.2, -0.15) is 0 Å². The Hall–Kier alpha value is -1.78. The van der Waals surface area contributed by atoms with Crippen molar-refractivity contribution >= 4 is 34.6 Å². The molecule has 5 atom stereocenters. The molecular weight excluding hydrogens is 371 g/mol. The fraction of sp³-hybridized carbons (Fsp3) is 0.400. The molecule has 5 rings (SSSR count). The Labute approximate surface area is 161 Å². The Balaban J connectivity index is 1.64. The lowest BCUT2D eigenvalue weighted by Gasteiger charge is -2.43. The second-order valence-electron chi connectivity index (χ2n) is 7.75. The van der Waals surface area contributed by atoms with Gasteiger partial charge in [-0.05, 0) is 72.3 Å².